The number of hydrogen-bond acceptors (Lipinski definition) is 5. The SMILES string of the molecule is COc1cc2ccccc2cc1C(=O)NNC(=O)c1ccc(COc2ccccc2)o1. The molecule has 2 amide bonds. The van der Waals surface area contributed by atoms with E-state index in [2.05, 4.69) is 10.9 Å². The first kappa shape index (κ1) is 20.0. The smallest absolute Gasteiger partial charge is 0.305 e. The third kappa shape index (κ3) is 4.67. The number of nitrogens with one attached hydrogen (secondary N) is 2. The fourth-order valence-electron chi connectivity index (χ4n) is 3.06. The second kappa shape index (κ2) is 9.04. The Balaban J connectivity index is 1.38. The Morgan fingerprint density at radius 2 is 1.52 bits per heavy atom. The molecule has 0 atom stereocenters. The van der Waals surface area contributed by atoms with E-state index in [1.807, 2.05) is 54.6 Å². The molecule has 4 rings (SSSR count). The van der Waals surface area contributed by atoms with Gasteiger partial charge in [-0.15, -0.1) is 0 Å². The van der Waals surface area contributed by atoms with E-state index in [0.29, 0.717) is 22.8 Å². The van der Waals surface area contributed by atoms with E-state index in [1.165, 1.54) is 13.2 Å². The molecule has 1 heterocycles. The topological polar surface area (TPSA) is 89.8 Å². The first-order valence-electron chi connectivity index (χ1n) is 9.58. The van der Waals surface area contributed by atoms with Crippen LogP contribution in [-0.4, -0.2) is 18.9 Å². The van der Waals surface area contributed by atoms with Gasteiger partial charge in [0, 0.05) is 0 Å². The maximum atomic E-state index is 12.6. The van der Waals surface area contributed by atoms with Gasteiger partial charge in [-0.3, -0.25) is 20.4 Å². The third-order valence-electron chi connectivity index (χ3n) is 4.61. The molecule has 0 radical (unpaired) electrons. The van der Waals surface area contributed by atoms with Crippen molar-refractivity contribution in [2.75, 3.05) is 7.11 Å². The lowest BCUT2D eigenvalue weighted by Crippen LogP contribution is -2.41. The van der Waals surface area contributed by atoms with Crippen LogP contribution >= 0.6 is 0 Å². The van der Waals surface area contributed by atoms with Crippen molar-refractivity contribution in [3.8, 4) is 11.5 Å². The largest absolute Gasteiger partial charge is 0.496 e. The minimum absolute atomic E-state index is 0.0532. The van der Waals surface area contributed by atoms with E-state index in [4.69, 9.17) is 13.9 Å². The highest BCUT2D eigenvalue weighted by atomic mass is 16.5. The number of amides is 2. The molecule has 31 heavy (non-hydrogen) atoms. The number of ether oxygens (including phenoxy) is 2. The molecule has 1 aromatic heterocycles. The summed E-state index contributed by atoms with van der Waals surface area (Å²) in [4.78, 5) is 25.0. The van der Waals surface area contributed by atoms with E-state index >= 15 is 0 Å². The Kier molecular flexibility index (Phi) is 5.84. The number of fused-ring (bicyclic) bond motifs is 1. The van der Waals surface area contributed by atoms with E-state index in [0.717, 1.165) is 10.8 Å². The van der Waals surface area contributed by atoms with Crippen LogP contribution in [-0.2, 0) is 6.61 Å². The summed E-state index contributed by atoms with van der Waals surface area (Å²) in [6.07, 6.45) is 0. The molecule has 4 aromatic rings. The van der Waals surface area contributed by atoms with Crippen molar-refractivity contribution in [2.24, 2.45) is 0 Å². The van der Waals surface area contributed by atoms with E-state index in [1.54, 1.807) is 18.2 Å². The summed E-state index contributed by atoms with van der Waals surface area (Å²) >= 11 is 0. The first-order valence-corrected chi connectivity index (χ1v) is 9.58. The Labute approximate surface area is 178 Å². The average Bonchev–Trinajstić information content (AvgIpc) is 3.30. The maximum absolute atomic E-state index is 12.6. The van der Waals surface area contributed by atoms with Gasteiger partial charge in [-0.25, -0.2) is 0 Å². The van der Waals surface area contributed by atoms with Gasteiger partial charge >= 0.3 is 5.91 Å². The molecule has 0 saturated carbocycles. The summed E-state index contributed by atoms with van der Waals surface area (Å²) in [6.45, 7) is 0.179. The lowest BCUT2D eigenvalue weighted by Gasteiger charge is -2.11. The third-order valence-corrected chi connectivity index (χ3v) is 4.61. The van der Waals surface area contributed by atoms with Crippen molar-refractivity contribution in [1.82, 2.24) is 10.9 Å². The van der Waals surface area contributed by atoms with Gasteiger partial charge in [-0.2, -0.15) is 0 Å². The molecule has 2 N–H and O–H groups in total. The molecule has 0 aliphatic carbocycles. The Hall–Kier alpha value is -4.26. The minimum Gasteiger partial charge on any atom is -0.496 e. The van der Waals surface area contributed by atoms with Gasteiger partial charge in [0.05, 0.1) is 12.7 Å². The molecule has 0 spiro atoms. The summed E-state index contributed by atoms with van der Waals surface area (Å²) in [5.41, 5.74) is 5.05. The number of benzene rings is 3. The fraction of sp³-hybridized carbons (Fsp3) is 0.0833. The first-order chi connectivity index (χ1) is 15.1. The second-order valence-corrected chi connectivity index (χ2v) is 6.68. The highest BCUT2D eigenvalue weighted by Crippen LogP contribution is 2.25. The van der Waals surface area contributed by atoms with E-state index < -0.39 is 11.8 Å². The summed E-state index contributed by atoms with van der Waals surface area (Å²) in [5.74, 6) is 0.550. The zero-order valence-corrected chi connectivity index (χ0v) is 16.8. The van der Waals surface area contributed by atoms with Crippen molar-refractivity contribution >= 4 is 22.6 Å². The number of hydrazine groups is 1. The van der Waals surface area contributed by atoms with Crippen LogP contribution in [0.1, 0.15) is 26.7 Å². The monoisotopic (exact) mass is 416 g/mol. The molecule has 0 unspecified atom stereocenters. The number of para-hydroxylation sites is 1. The van der Waals surface area contributed by atoms with Crippen molar-refractivity contribution in [3.05, 3.63) is 95.9 Å². The van der Waals surface area contributed by atoms with Gasteiger partial charge < -0.3 is 13.9 Å². The second-order valence-electron chi connectivity index (χ2n) is 6.68. The van der Waals surface area contributed by atoms with Crippen LogP contribution in [0.5, 0.6) is 11.5 Å². The van der Waals surface area contributed by atoms with Gasteiger partial charge in [0.2, 0.25) is 0 Å². The van der Waals surface area contributed by atoms with Gasteiger partial charge in [0.15, 0.2) is 5.76 Å². The molecule has 7 heteroatoms. The van der Waals surface area contributed by atoms with Crippen LogP contribution in [0.3, 0.4) is 0 Å². The van der Waals surface area contributed by atoms with Crippen LogP contribution in [0.4, 0.5) is 0 Å². The van der Waals surface area contributed by atoms with Crippen LogP contribution in [0.25, 0.3) is 10.8 Å². The summed E-state index contributed by atoms with van der Waals surface area (Å²) < 4.78 is 16.4. The van der Waals surface area contributed by atoms with Crippen molar-refractivity contribution < 1.29 is 23.5 Å². The maximum Gasteiger partial charge on any atom is 0.305 e. The zero-order valence-electron chi connectivity index (χ0n) is 16.8. The van der Waals surface area contributed by atoms with Crippen molar-refractivity contribution in [2.45, 2.75) is 6.61 Å². The number of carbonyl (C=O) groups is 2. The Bertz CT molecular complexity index is 1220. The normalized spacial score (nSPS) is 10.5. The van der Waals surface area contributed by atoms with Gasteiger partial charge in [-0.05, 0) is 47.2 Å². The fourth-order valence-corrected chi connectivity index (χ4v) is 3.06. The molecule has 3 aromatic carbocycles. The predicted molar refractivity (Wildman–Crippen MR) is 115 cm³/mol. The van der Waals surface area contributed by atoms with Crippen LogP contribution in [0, 0.1) is 0 Å². The Morgan fingerprint density at radius 1 is 0.839 bits per heavy atom. The summed E-state index contributed by atoms with van der Waals surface area (Å²) in [7, 11) is 1.49. The van der Waals surface area contributed by atoms with Gasteiger partial charge in [-0.1, -0.05) is 42.5 Å². The molecule has 0 aliphatic rings. The molecule has 0 fully saturated rings. The predicted octanol–water partition coefficient (Wildman–Crippen LogP) is 4.10. The number of carbonyl (C=O) groups excluding carboxylic acids is 2. The van der Waals surface area contributed by atoms with Crippen molar-refractivity contribution in [3.63, 3.8) is 0 Å². The number of methoxy groups -OCH3 is 1. The molecule has 7 nitrogen and oxygen atoms in total. The Morgan fingerprint density at radius 3 is 2.26 bits per heavy atom. The van der Waals surface area contributed by atoms with E-state index in [-0.39, 0.29) is 12.4 Å². The number of hydrogen-bond donors (Lipinski definition) is 2. The lowest BCUT2D eigenvalue weighted by atomic mass is 10.1. The van der Waals surface area contributed by atoms with Gasteiger partial charge in [0.1, 0.15) is 23.9 Å². The highest BCUT2D eigenvalue weighted by molar-refractivity contribution is 6.03. The quantitative estimate of drug-likeness (QED) is 0.462. The van der Waals surface area contributed by atoms with E-state index in [9.17, 15) is 9.59 Å². The molecular formula is C24H20N2O5. The summed E-state index contributed by atoms with van der Waals surface area (Å²) in [6, 6.07) is 23.5. The molecule has 0 bridgehead atoms. The minimum atomic E-state index is -0.584. The molecule has 156 valence electrons. The van der Waals surface area contributed by atoms with Gasteiger partial charge in [0.25, 0.3) is 5.91 Å². The average molecular weight is 416 g/mol. The van der Waals surface area contributed by atoms with Crippen LogP contribution < -0.4 is 20.3 Å². The zero-order chi connectivity index (χ0) is 21.6. The van der Waals surface area contributed by atoms with Crippen LogP contribution in [0.15, 0.2) is 83.3 Å². The number of rotatable bonds is 6. The molecule has 0 saturated heterocycles. The number of furan rings is 1. The lowest BCUT2D eigenvalue weighted by molar-refractivity contribution is 0.0827. The molecular weight excluding hydrogens is 396 g/mol. The van der Waals surface area contributed by atoms with Crippen molar-refractivity contribution in [1.29, 1.82) is 0 Å². The highest BCUT2D eigenvalue weighted by Gasteiger charge is 2.16. The standard InChI is InChI=1S/C24H20N2O5/c1-29-22-14-17-8-6-5-7-16(17)13-20(22)23(27)25-26-24(28)21-12-11-19(31-21)15-30-18-9-3-2-4-10-18/h2-14H,15H2,1H3,(H,25,27)(H,26,28). The molecule has 0 aliphatic heterocycles. The summed E-state index contributed by atoms with van der Waals surface area (Å²) in [5, 5.41) is 1.83. The van der Waals surface area contributed by atoms with Crippen LogP contribution in [0.2, 0.25) is 0 Å².